The molecule has 0 unspecified atom stereocenters. The summed E-state index contributed by atoms with van der Waals surface area (Å²) in [6.07, 6.45) is 2.17. The normalized spacial score (nSPS) is 17.7. The van der Waals surface area contributed by atoms with E-state index in [-0.39, 0.29) is 11.7 Å². The van der Waals surface area contributed by atoms with Crippen LogP contribution in [-0.4, -0.2) is 45.4 Å². The van der Waals surface area contributed by atoms with Gasteiger partial charge in [0.25, 0.3) is 5.91 Å². The molecule has 5 nitrogen and oxygen atoms in total. The molecule has 0 aliphatic carbocycles. The van der Waals surface area contributed by atoms with Gasteiger partial charge in [-0.05, 0) is 19.4 Å². The number of aromatic amines is 1. The molecule has 0 spiro atoms. The summed E-state index contributed by atoms with van der Waals surface area (Å²) in [6, 6.07) is 1.55. The maximum absolute atomic E-state index is 11.9. The van der Waals surface area contributed by atoms with Crippen LogP contribution in [0.5, 0.6) is 0 Å². The van der Waals surface area contributed by atoms with E-state index in [2.05, 4.69) is 4.98 Å². The molecule has 5 heteroatoms. The van der Waals surface area contributed by atoms with Gasteiger partial charge in [-0.1, -0.05) is 6.92 Å². The van der Waals surface area contributed by atoms with Gasteiger partial charge in [-0.3, -0.25) is 9.59 Å². The van der Waals surface area contributed by atoms with E-state index in [1.54, 1.807) is 11.0 Å². The first-order chi connectivity index (χ1) is 7.95. The Bertz CT molecular complexity index is 458. The third kappa shape index (κ3) is 2.10. The lowest BCUT2D eigenvalue weighted by Gasteiger charge is -2.45. The van der Waals surface area contributed by atoms with Gasteiger partial charge in [-0.15, -0.1) is 0 Å². The Hall–Kier alpha value is -1.62. The molecule has 1 aliphatic heterocycles. The predicted molar refractivity (Wildman–Crippen MR) is 61.9 cm³/mol. The standard InChI is InChI=1S/C12H16N2O3/c1-3-12(17)6-14(7-12)11(16)10-4-9(5-13-10)8(2)15/h4-5,13,17H,3,6-7H2,1-2H3. The molecule has 1 aromatic rings. The van der Waals surface area contributed by atoms with Crippen molar-refractivity contribution in [3.05, 3.63) is 23.5 Å². The monoisotopic (exact) mass is 236 g/mol. The minimum Gasteiger partial charge on any atom is -0.386 e. The van der Waals surface area contributed by atoms with Crippen LogP contribution in [-0.2, 0) is 0 Å². The van der Waals surface area contributed by atoms with E-state index < -0.39 is 5.60 Å². The highest BCUT2D eigenvalue weighted by Crippen LogP contribution is 2.25. The number of likely N-dealkylation sites (tertiary alicyclic amines) is 1. The highest BCUT2D eigenvalue weighted by molar-refractivity contribution is 5.99. The molecule has 2 N–H and O–H groups in total. The Labute approximate surface area is 99.4 Å². The average molecular weight is 236 g/mol. The summed E-state index contributed by atoms with van der Waals surface area (Å²) in [7, 11) is 0. The Morgan fingerprint density at radius 2 is 2.18 bits per heavy atom. The van der Waals surface area contributed by atoms with E-state index in [4.69, 9.17) is 0 Å². The molecule has 2 heterocycles. The molecule has 0 saturated carbocycles. The molecule has 1 aliphatic rings. The number of carbonyl (C=O) groups is 2. The Kier molecular flexibility index (Phi) is 2.79. The number of aliphatic hydroxyl groups is 1. The summed E-state index contributed by atoms with van der Waals surface area (Å²) >= 11 is 0. The van der Waals surface area contributed by atoms with Gasteiger partial charge < -0.3 is 15.0 Å². The van der Waals surface area contributed by atoms with E-state index in [0.717, 1.165) is 0 Å². The molecule has 0 radical (unpaired) electrons. The SMILES string of the molecule is CCC1(O)CN(C(=O)c2cc(C(C)=O)c[nH]2)C1. The van der Waals surface area contributed by atoms with Gasteiger partial charge in [0.15, 0.2) is 5.78 Å². The van der Waals surface area contributed by atoms with Crippen LogP contribution in [0.25, 0.3) is 0 Å². The maximum Gasteiger partial charge on any atom is 0.270 e. The lowest BCUT2D eigenvalue weighted by atomic mass is 9.91. The Morgan fingerprint density at radius 3 is 2.65 bits per heavy atom. The second-order valence-electron chi connectivity index (χ2n) is 4.60. The molecular formula is C12H16N2O3. The lowest BCUT2D eigenvalue weighted by molar-refractivity contribution is -0.0828. The summed E-state index contributed by atoms with van der Waals surface area (Å²) < 4.78 is 0. The molecular weight excluding hydrogens is 220 g/mol. The fourth-order valence-electron chi connectivity index (χ4n) is 1.92. The van der Waals surface area contributed by atoms with Crippen molar-refractivity contribution in [3.63, 3.8) is 0 Å². The zero-order chi connectivity index (χ0) is 12.6. The molecule has 1 saturated heterocycles. The first-order valence-corrected chi connectivity index (χ1v) is 5.66. The van der Waals surface area contributed by atoms with Crippen molar-refractivity contribution in [3.8, 4) is 0 Å². The molecule has 0 atom stereocenters. The molecule has 1 amide bonds. The summed E-state index contributed by atoms with van der Waals surface area (Å²) in [5.74, 6) is -0.246. The topological polar surface area (TPSA) is 73.4 Å². The van der Waals surface area contributed by atoms with Crippen molar-refractivity contribution in [1.29, 1.82) is 0 Å². The highest BCUT2D eigenvalue weighted by Gasteiger charge is 2.42. The van der Waals surface area contributed by atoms with Gasteiger partial charge in [0.1, 0.15) is 5.69 Å². The molecule has 2 rings (SSSR count). The smallest absolute Gasteiger partial charge is 0.270 e. The number of rotatable bonds is 3. The van der Waals surface area contributed by atoms with Crippen LogP contribution < -0.4 is 0 Å². The largest absolute Gasteiger partial charge is 0.386 e. The van der Waals surface area contributed by atoms with Crippen LogP contribution >= 0.6 is 0 Å². The number of H-pyrrole nitrogens is 1. The van der Waals surface area contributed by atoms with E-state index in [9.17, 15) is 14.7 Å². The van der Waals surface area contributed by atoms with Crippen molar-refractivity contribution in [1.82, 2.24) is 9.88 Å². The van der Waals surface area contributed by atoms with Crippen LogP contribution in [0, 0.1) is 0 Å². The molecule has 0 aromatic carbocycles. The predicted octanol–water partition coefficient (Wildman–Crippen LogP) is 0.814. The van der Waals surface area contributed by atoms with Gasteiger partial charge in [-0.25, -0.2) is 0 Å². The summed E-state index contributed by atoms with van der Waals surface area (Å²) in [5, 5.41) is 9.82. The van der Waals surface area contributed by atoms with Crippen LogP contribution in [0.15, 0.2) is 12.3 Å². The minimum atomic E-state index is -0.730. The number of hydrogen-bond acceptors (Lipinski definition) is 3. The summed E-state index contributed by atoms with van der Waals surface area (Å²) in [6.45, 7) is 4.06. The lowest BCUT2D eigenvalue weighted by Crippen LogP contribution is -2.63. The number of β-amino-alcohol motifs (C(OH)–C–C–N with tert-alkyl or cyclic N) is 1. The van der Waals surface area contributed by atoms with E-state index in [0.29, 0.717) is 30.8 Å². The van der Waals surface area contributed by atoms with E-state index >= 15 is 0 Å². The van der Waals surface area contributed by atoms with E-state index in [1.165, 1.54) is 13.1 Å². The first kappa shape index (κ1) is 11.9. The fraction of sp³-hybridized carbons (Fsp3) is 0.500. The summed E-state index contributed by atoms with van der Waals surface area (Å²) in [5.41, 5.74) is 0.166. The fourth-order valence-corrected chi connectivity index (χ4v) is 1.92. The molecule has 17 heavy (non-hydrogen) atoms. The number of hydrogen-bond donors (Lipinski definition) is 2. The average Bonchev–Trinajstić information content (AvgIpc) is 2.73. The zero-order valence-electron chi connectivity index (χ0n) is 9.99. The van der Waals surface area contributed by atoms with Crippen molar-refractivity contribution in [2.24, 2.45) is 0 Å². The van der Waals surface area contributed by atoms with Crippen molar-refractivity contribution < 1.29 is 14.7 Å². The second-order valence-corrected chi connectivity index (χ2v) is 4.60. The quantitative estimate of drug-likeness (QED) is 0.763. The van der Waals surface area contributed by atoms with Gasteiger partial charge in [0.2, 0.25) is 0 Å². The van der Waals surface area contributed by atoms with Gasteiger partial charge in [-0.2, -0.15) is 0 Å². The molecule has 1 fully saturated rings. The summed E-state index contributed by atoms with van der Waals surface area (Å²) in [4.78, 5) is 27.4. The zero-order valence-corrected chi connectivity index (χ0v) is 9.99. The van der Waals surface area contributed by atoms with Crippen molar-refractivity contribution >= 4 is 11.7 Å². The number of aromatic nitrogens is 1. The van der Waals surface area contributed by atoms with Crippen LogP contribution in [0.3, 0.4) is 0 Å². The molecule has 1 aromatic heterocycles. The Balaban J connectivity index is 2.04. The van der Waals surface area contributed by atoms with Crippen molar-refractivity contribution in [2.75, 3.05) is 13.1 Å². The first-order valence-electron chi connectivity index (χ1n) is 5.66. The van der Waals surface area contributed by atoms with Gasteiger partial charge in [0, 0.05) is 11.8 Å². The maximum atomic E-state index is 11.9. The number of Topliss-reactive ketones (excluding diaryl/α,β-unsaturated/α-hetero) is 1. The molecule has 92 valence electrons. The molecule has 0 bridgehead atoms. The Morgan fingerprint density at radius 1 is 1.53 bits per heavy atom. The number of ketones is 1. The van der Waals surface area contributed by atoms with Crippen molar-refractivity contribution in [2.45, 2.75) is 25.9 Å². The van der Waals surface area contributed by atoms with Gasteiger partial charge >= 0.3 is 0 Å². The minimum absolute atomic E-state index is 0.0750. The van der Waals surface area contributed by atoms with Crippen LogP contribution in [0.4, 0.5) is 0 Å². The number of amides is 1. The number of nitrogens with one attached hydrogen (secondary N) is 1. The third-order valence-corrected chi connectivity index (χ3v) is 3.24. The van der Waals surface area contributed by atoms with Crippen LogP contribution in [0.2, 0.25) is 0 Å². The van der Waals surface area contributed by atoms with E-state index in [1.807, 2.05) is 6.92 Å². The number of nitrogens with zero attached hydrogens (tertiary/aromatic N) is 1. The second kappa shape index (κ2) is 4.00. The van der Waals surface area contributed by atoms with Crippen LogP contribution in [0.1, 0.15) is 41.1 Å². The van der Waals surface area contributed by atoms with Gasteiger partial charge in [0.05, 0.1) is 18.7 Å². The third-order valence-electron chi connectivity index (χ3n) is 3.24. The highest BCUT2D eigenvalue weighted by atomic mass is 16.3. The number of carbonyl (C=O) groups excluding carboxylic acids is 2.